The summed E-state index contributed by atoms with van der Waals surface area (Å²) in [5.41, 5.74) is -3.57. The molecule has 0 radical (unpaired) electrons. The molecule has 0 aromatic heterocycles. The monoisotopic (exact) mass is 378 g/mol. The topological polar surface area (TPSA) is 34.1 Å². The van der Waals surface area contributed by atoms with Crippen LogP contribution < -0.4 is 0 Å². The first-order chi connectivity index (χ1) is 11.4. The summed E-state index contributed by atoms with van der Waals surface area (Å²) in [6.45, 7) is 0. The zero-order valence-corrected chi connectivity index (χ0v) is 12.9. The van der Waals surface area contributed by atoms with Crippen LogP contribution in [-0.2, 0) is 22.2 Å². The highest BCUT2D eigenvalue weighted by molar-refractivity contribution is 8.01. The van der Waals surface area contributed by atoms with Crippen molar-refractivity contribution in [3.63, 3.8) is 0 Å². The van der Waals surface area contributed by atoms with Gasteiger partial charge in [-0.15, -0.1) is 0 Å². The Hall–Kier alpha value is -2.29. The smallest absolute Gasteiger partial charge is 0.218 e. The fourth-order valence-corrected chi connectivity index (χ4v) is 4.16. The van der Waals surface area contributed by atoms with Crippen LogP contribution in [0.1, 0.15) is 22.3 Å². The first kappa shape index (κ1) is 17.5. The quantitative estimate of drug-likeness (QED) is 0.654. The molecule has 132 valence electrons. The summed E-state index contributed by atoms with van der Waals surface area (Å²) in [5, 5.41) is 0. The number of fused-ring (bicyclic) bond motifs is 1. The van der Waals surface area contributed by atoms with Crippen LogP contribution in [-0.4, -0.2) is 8.42 Å². The second kappa shape index (κ2) is 5.35. The van der Waals surface area contributed by atoms with E-state index in [0.717, 1.165) is 6.08 Å². The van der Waals surface area contributed by atoms with E-state index in [1.54, 1.807) is 0 Å². The van der Waals surface area contributed by atoms with E-state index in [1.165, 1.54) is 24.3 Å². The molecule has 9 heteroatoms. The van der Waals surface area contributed by atoms with Crippen molar-refractivity contribution in [2.75, 3.05) is 0 Å². The molecule has 0 atom stereocenters. The maximum atomic E-state index is 12.9. The molecule has 0 bridgehead atoms. The molecule has 0 unspecified atom stereocenters. The van der Waals surface area contributed by atoms with E-state index in [2.05, 4.69) is 0 Å². The van der Waals surface area contributed by atoms with Gasteiger partial charge in [-0.25, -0.2) is 8.42 Å². The number of alkyl halides is 6. The van der Waals surface area contributed by atoms with Gasteiger partial charge in [0.15, 0.2) is 0 Å². The predicted octanol–water partition coefficient (Wildman–Crippen LogP) is 5.01. The Kier molecular flexibility index (Phi) is 3.75. The molecule has 0 spiro atoms. The Labute approximate surface area is 138 Å². The zero-order chi connectivity index (χ0) is 18.6. The van der Waals surface area contributed by atoms with Gasteiger partial charge >= 0.3 is 12.4 Å². The van der Waals surface area contributed by atoms with Gasteiger partial charge in [-0.3, -0.25) is 0 Å². The molecule has 1 heterocycles. The van der Waals surface area contributed by atoms with E-state index in [9.17, 15) is 34.8 Å². The number of halogens is 6. The second-order valence-corrected chi connectivity index (χ2v) is 7.23. The molecule has 0 saturated carbocycles. The van der Waals surface area contributed by atoms with Crippen LogP contribution in [0.2, 0.25) is 0 Å². The van der Waals surface area contributed by atoms with Crippen molar-refractivity contribution in [2.45, 2.75) is 17.2 Å². The minimum absolute atomic E-state index is 0.0429. The number of benzene rings is 2. The Bertz CT molecular complexity index is 952. The minimum atomic E-state index is -5.05. The van der Waals surface area contributed by atoms with Crippen molar-refractivity contribution in [1.29, 1.82) is 0 Å². The summed E-state index contributed by atoms with van der Waals surface area (Å²) in [4.78, 5) is -0.749. The van der Waals surface area contributed by atoms with E-state index in [0.29, 0.717) is 12.1 Å². The molecule has 2 aromatic carbocycles. The van der Waals surface area contributed by atoms with Crippen molar-refractivity contribution in [3.05, 3.63) is 64.7 Å². The van der Waals surface area contributed by atoms with Gasteiger partial charge in [0.1, 0.15) is 0 Å². The number of rotatable bonds is 1. The van der Waals surface area contributed by atoms with Gasteiger partial charge in [-0.1, -0.05) is 18.2 Å². The van der Waals surface area contributed by atoms with Crippen molar-refractivity contribution < 1.29 is 34.8 Å². The van der Waals surface area contributed by atoms with E-state index < -0.39 is 43.8 Å². The van der Waals surface area contributed by atoms with Crippen molar-refractivity contribution >= 4 is 20.8 Å². The highest BCUT2D eigenvalue weighted by Crippen LogP contribution is 2.42. The molecule has 0 saturated heterocycles. The SMILES string of the molecule is O=S1(=O)C(c2cc(C(F)(F)F)cc(C(F)(F)F)c2)=Cc2ccccc21. The van der Waals surface area contributed by atoms with Crippen LogP contribution in [0, 0.1) is 0 Å². The summed E-state index contributed by atoms with van der Waals surface area (Å²) in [6.07, 6.45) is -9.03. The fraction of sp³-hybridized carbons (Fsp3) is 0.125. The molecule has 2 nitrogen and oxygen atoms in total. The third-order valence-electron chi connectivity index (χ3n) is 3.66. The highest BCUT2D eigenvalue weighted by Gasteiger charge is 2.39. The van der Waals surface area contributed by atoms with Crippen molar-refractivity contribution in [3.8, 4) is 0 Å². The average Bonchev–Trinajstić information content (AvgIpc) is 2.77. The molecule has 3 rings (SSSR count). The fourth-order valence-electron chi connectivity index (χ4n) is 2.52. The molecular formula is C16H8F6O2S. The molecule has 0 amide bonds. The van der Waals surface area contributed by atoms with Gasteiger partial charge in [0, 0.05) is 0 Å². The molecule has 25 heavy (non-hydrogen) atoms. The van der Waals surface area contributed by atoms with E-state index in [1.807, 2.05) is 0 Å². The lowest BCUT2D eigenvalue weighted by atomic mass is 10.0. The lowest BCUT2D eigenvalue weighted by molar-refractivity contribution is -0.143. The normalized spacial score (nSPS) is 16.5. The van der Waals surface area contributed by atoms with Crippen molar-refractivity contribution in [1.82, 2.24) is 0 Å². The van der Waals surface area contributed by atoms with Crippen LogP contribution in [0.25, 0.3) is 11.0 Å². The summed E-state index contributed by atoms with van der Waals surface area (Å²) in [7, 11) is -4.20. The van der Waals surface area contributed by atoms with Gasteiger partial charge in [0.05, 0.1) is 20.9 Å². The Morgan fingerprint density at radius 3 is 1.76 bits per heavy atom. The van der Waals surface area contributed by atoms with Crippen LogP contribution in [0.15, 0.2) is 47.4 Å². The molecule has 2 aromatic rings. The zero-order valence-electron chi connectivity index (χ0n) is 12.1. The molecule has 1 aliphatic rings. The highest BCUT2D eigenvalue weighted by atomic mass is 32.2. The predicted molar refractivity (Wildman–Crippen MR) is 77.9 cm³/mol. The van der Waals surface area contributed by atoms with Gasteiger partial charge in [0.2, 0.25) is 9.84 Å². The maximum absolute atomic E-state index is 12.9. The van der Waals surface area contributed by atoms with Crippen LogP contribution >= 0.6 is 0 Å². The largest absolute Gasteiger partial charge is 0.416 e. The minimum Gasteiger partial charge on any atom is -0.218 e. The van der Waals surface area contributed by atoms with Gasteiger partial charge in [-0.05, 0) is 41.5 Å². The standard InChI is InChI=1S/C16H8F6O2S/c17-15(18,19)11-5-10(6-12(8-11)16(20,21)22)14-7-9-3-1-2-4-13(9)25(14,23)24/h1-8H. The van der Waals surface area contributed by atoms with Gasteiger partial charge in [-0.2, -0.15) is 26.3 Å². The first-order valence-electron chi connectivity index (χ1n) is 6.76. The molecule has 1 aliphatic heterocycles. The second-order valence-electron chi connectivity index (χ2n) is 5.34. The third kappa shape index (κ3) is 3.04. The Balaban J connectivity index is 2.26. The van der Waals surface area contributed by atoms with Crippen LogP contribution in [0.5, 0.6) is 0 Å². The summed E-state index contributed by atoms with van der Waals surface area (Å²) in [5.74, 6) is 0. The number of hydrogen-bond acceptors (Lipinski definition) is 2. The first-order valence-corrected chi connectivity index (χ1v) is 8.25. The lowest BCUT2D eigenvalue weighted by Gasteiger charge is -2.14. The average molecular weight is 378 g/mol. The molecule has 0 fully saturated rings. The number of sulfone groups is 1. The summed E-state index contributed by atoms with van der Waals surface area (Å²) >= 11 is 0. The van der Waals surface area contributed by atoms with E-state index in [4.69, 9.17) is 0 Å². The van der Waals surface area contributed by atoms with E-state index in [-0.39, 0.29) is 16.5 Å². The Morgan fingerprint density at radius 2 is 1.28 bits per heavy atom. The molecule has 0 aliphatic carbocycles. The Morgan fingerprint density at radius 1 is 0.760 bits per heavy atom. The lowest BCUT2D eigenvalue weighted by Crippen LogP contribution is -2.12. The van der Waals surface area contributed by atoms with Crippen LogP contribution in [0.4, 0.5) is 26.3 Å². The number of hydrogen-bond donors (Lipinski definition) is 0. The summed E-state index contributed by atoms with van der Waals surface area (Å²) < 4.78 is 103. The maximum Gasteiger partial charge on any atom is 0.416 e. The van der Waals surface area contributed by atoms with Crippen molar-refractivity contribution in [2.24, 2.45) is 0 Å². The van der Waals surface area contributed by atoms with Gasteiger partial charge < -0.3 is 0 Å². The summed E-state index contributed by atoms with van der Waals surface area (Å²) in [6, 6.07) is 6.36. The third-order valence-corrected chi connectivity index (χ3v) is 5.54. The van der Waals surface area contributed by atoms with E-state index >= 15 is 0 Å². The molecular weight excluding hydrogens is 370 g/mol. The van der Waals surface area contributed by atoms with Crippen LogP contribution in [0.3, 0.4) is 0 Å². The molecule has 0 N–H and O–H groups in total. The van der Waals surface area contributed by atoms with Gasteiger partial charge in [0.25, 0.3) is 0 Å².